The van der Waals surface area contributed by atoms with E-state index in [-0.39, 0.29) is 0 Å². The molecule has 17 heavy (non-hydrogen) atoms. The predicted octanol–water partition coefficient (Wildman–Crippen LogP) is 2.77. The summed E-state index contributed by atoms with van der Waals surface area (Å²) in [7, 11) is 0. The summed E-state index contributed by atoms with van der Waals surface area (Å²) >= 11 is 0. The van der Waals surface area contributed by atoms with Crippen molar-refractivity contribution in [3.05, 3.63) is 0 Å². The fraction of sp³-hybridized carbons (Fsp3) is 1.00. The number of fused-ring (bicyclic) bond motifs is 2. The third-order valence-electron chi connectivity index (χ3n) is 5.56. The Morgan fingerprint density at radius 1 is 1.00 bits per heavy atom. The zero-order valence-corrected chi connectivity index (χ0v) is 11.1. The van der Waals surface area contributed by atoms with Crippen LogP contribution in [-0.4, -0.2) is 30.1 Å². The van der Waals surface area contributed by atoms with Gasteiger partial charge in [-0.3, -0.25) is 4.90 Å². The number of piperidine rings is 1. The maximum absolute atomic E-state index is 6.12. The lowest BCUT2D eigenvalue weighted by atomic mass is 9.89. The van der Waals surface area contributed by atoms with E-state index >= 15 is 0 Å². The van der Waals surface area contributed by atoms with Crippen LogP contribution in [-0.2, 0) is 0 Å². The van der Waals surface area contributed by atoms with Crippen molar-refractivity contribution in [3.63, 3.8) is 0 Å². The molecule has 3 rings (SSSR count). The van der Waals surface area contributed by atoms with Crippen LogP contribution in [0.2, 0.25) is 0 Å². The van der Waals surface area contributed by atoms with Crippen molar-refractivity contribution < 1.29 is 0 Å². The summed E-state index contributed by atoms with van der Waals surface area (Å²) in [5.41, 5.74) is 6.12. The first-order chi connectivity index (χ1) is 8.38. The fourth-order valence-corrected chi connectivity index (χ4v) is 4.66. The maximum atomic E-state index is 6.12. The highest BCUT2D eigenvalue weighted by molar-refractivity contribution is 4.97. The molecule has 2 saturated carbocycles. The summed E-state index contributed by atoms with van der Waals surface area (Å²) in [5, 5.41) is 0. The van der Waals surface area contributed by atoms with E-state index in [4.69, 9.17) is 5.73 Å². The van der Waals surface area contributed by atoms with Gasteiger partial charge in [0.1, 0.15) is 0 Å². The molecular formula is C15H28N2. The standard InChI is InChI=1S/C15H28N2/c16-10-15(13-5-3-1-2-4-6-13)17-11-12-7-8-14(17)9-12/h12-15H,1-11,16H2. The van der Waals surface area contributed by atoms with E-state index in [1.165, 1.54) is 64.3 Å². The van der Waals surface area contributed by atoms with Crippen LogP contribution in [0, 0.1) is 11.8 Å². The molecule has 0 spiro atoms. The molecule has 1 aliphatic heterocycles. The fourth-order valence-electron chi connectivity index (χ4n) is 4.66. The van der Waals surface area contributed by atoms with Crippen molar-refractivity contribution in [3.8, 4) is 0 Å². The van der Waals surface area contributed by atoms with Gasteiger partial charge in [-0.25, -0.2) is 0 Å². The van der Waals surface area contributed by atoms with E-state index in [1.807, 2.05) is 0 Å². The van der Waals surface area contributed by atoms with Gasteiger partial charge in [0, 0.05) is 25.2 Å². The Balaban J connectivity index is 1.65. The lowest BCUT2D eigenvalue weighted by Crippen LogP contribution is -2.49. The van der Waals surface area contributed by atoms with Crippen molar-refractivity contribution in [1.82, 2.24) is 4.90 Å². The molecule has 3 aliphatic rings. The second-order valence-corrected chi connectivity index (χ2v) is 6.58. The van der Waals surface area contributed by atoms with Gasteiger partial charge in [-0.15, -0.1) is 0 Å². The lowest BCUT2D eigenvalue weighted by Gasteiger charge is -2.39. The molecule has 0 aromatic heterocycles. The number of hydrogen-bond acceptors (Lipinski definition) is 2. The minimum atomic E-state index is 0.711. The zero-order chi connectivity index (χ0) is 11.7. The van der Waals surface area contributed by atoms with Crippen LogP contribution in [0.25, 0.3) is 0 Å². The molecule has 0 radical (unpaired) electrons. The molecule has 0 aromatic rings. The summed E-state index contributed by atoms with van der Waals surface area (Å²) in [6.45, 7) is 2.26. The summed E-state index contributed by atoms with van der Waals surface area (Å²) in [4.78, 5) is 2.81. The minimum absolute atomic E-state index is 0.711. The van der Waals surface area contributed by atoms with Crippen LogP contribution >= 0.6 is 0 Å². The van der Waals surface area contributed by atoms with Crippen LogP contribution in [0.15, 0.2) is 0 Å². The van der Waals surface area contributed by atoms with Crippen molar-refractivity contribution in [2.75, 3.05) is 13.1 Å². The van der Waals surface area contributed by atoms with Gasteiger partial charge in [-0.1, -0.05) is 25.7 Å². The Morgan fingerprint density at radius 2 is 1.76 bits per heavy atom. The van der Waals surface area contributed by atoms with E-state index < -0.39 is 0 Å². The smallest absolute Gasteiger partial charge is 0.0249 e. The van der Waals surface area contributed by atoms with Crippen molar-refractivity contribution >= 4 is 0 Å². The summed E-state index contributed by atoms with van der Waals surface area (Å²) < 4.78 is 0. The Bertz CT molecular complexity index is 245. The van der Waals surface area contributed by atoms with Crippen molar-refractivity contribution in [2.45, 2.75) is 69.9 Å². The van der Waals surface area contributed by atoms with Crippen LogP contribution in [0.4, 0.5) is 0 Å². The molecule has 2 nitrogen and oxygen atoms in total. The van der Waals surface area contributed by atoms with Crippen LogP contribution in [0.3, 0.4) is 0 Å². The highest BCUT2D eigenvalue weighted by Gasteiger charge is 2.42. The van der Waals surface area contributed by atoms with Gasteiger partial charge >= 0.3 is 0 Å². The summed E-state index contributed by atoms with van der Waals surface area (Å²) in [6, 6.07) is 1.61. The van der Waals surface area contributed by atoms with Gasteiger partial charge in [0.15, 0.2) is 0 Å². The molecule has 2 N–H and O–H groups in total. The van der Waals surface area contributed by atoms with Crippen molar-refractivity contribution in [1.29, 1.82) is 0 Å². The SMILES string of the molecule is NCC(C1CCCCCC1)N1CC2CCC1C2. The molecule has 1 heterocycles. The van der Waals surface area contributed by atoms with Gasteiger partial charge in [0.05, 0.1) is 0 Å². The Kier molecular flexibility index (Phi) is 3.72. The van der Waals surface area contributed by atoms with Crippen molar-refractivity contribution in [2.24, 2.45) is 17.6 Å². The van der Waals surface area contributed by atoms with Gasteiger partial charge in [-0.2, -0.15) is 0 Å². The Labute approximate surface area is 106 Å². The van der Waals surface area contributed by atoms with E-state index in [0.717, 1.165) is 24.4 Å². The van der Waals surface area contributed by atoms with E-state index in [9.17, 15) is 0 Å². The second-order valence-electron chi connectivity index (χ2n) is 6.58. The quantitative estimate of drug-likeness (QED) is 0.764. The molecule has 3 fully saturated rings. The largest absolute Gasteiger partial charge is 0.329 e. The Hall–Kier alpha value is -0.0800. The molecule has 3 unspecified atom stereocenters. The summed E-state index contributed by atoms with van der Waals surface area (Å²) in [6.07, 6.45) is 13.1. The topological polar surface area (TPSA) is 29.3 Å². The molecule has 2 aliphatic carbocycles. The minimum Gasteiger partial charge on any atom is -0.329 e. The normalized spacial score (nSPS) is 37.2. The van der Waals surface area contributed by atoms with Crippen LogP contribution in [0.5, 0.6) is 0 Å². The summed E-state index contributed by atoms with van der Waals surface area (Å²) in [5.74, 6) is 1.92. The predicted molar refractivity (Wildman–Crippen MR) is 71.9 cm³/mol. The molecule has 0 aromatic carbocycles. The number of likely N-dealkylation sites (tertiary alicyclic amines) is 1. The molecule has 2 heteroatoms. The molecule has 2 bridgehead atoms. The number of hydrogen-bond donors (Lipinski definition) is 1. The van der Waals surface area contributed by atoms with E-state index in [2.05, 4.69) is 4.90 Å². The van der Waals surface area contributed by atoms with Gasteiger partial charge in [0.2, 0.25) is 0 Å². The Morgan fingerprint density at radius 3 is 2.29 bits per heavy atom. The average Bonchev–Trinajstić information content (AvgIpc) is 2.86. The zero-order valence-electron chi connectivity index (χ0n) is 11.1. The maximum Gasteiger partial charge on any atom is 0.0249 e. The third kappa shape index (κ3) is 2.39. The third-order valence-corrected chi connectivity index (χ3v) is 5.56. The van der Waals surface area contributed by atoms with Gasteiger partial charge in [0.25, 0.3) is 0 Å². The first-order valence-electron chi connectivity index (χ1n) is 7.84. The average molecular weight is 236 g/mol. The monoisotopic (exact) mass is 236 g/mol. The lowest BCUT2D eigenvalue weighted by molar-refractivity contribution is 0.101. The van der Waals surface area contributed by atoms with Gasteiger partial charge < -0.3 is 5.73 Å². The molecular weight excluding hydrogens is 208 g/mol. The molecule has 98 valence electrons. The van der Waals surface area contributed by atoms with E-state index in [1.54, 1.807) is 0 Å². The van der Waals surface area contributed by atoms with Crippen LogP contribution in [0.1, 0.15) is 57.8 Å². The molecule has 1 saturated heterocycles. The van der Waals surface area contributed by atoms with Crippen LogP contribution < -0.4 is 5.73 Å². The molecule has 3 atom stereocenters. The highest BCUT2D eigenvalue weighted by Crippen LogP contribution is 2.41. The first kappa shape index (κ1) is 12.0. The van der Waals surface area contributed by atoms with Gasteiger partial charge in [-0.05, 0) is 43.9 Å². The number of nitrogens with two attached hydrogens (primary N) is 1. The first-order valence-corrected chi connectivity index (χ1v) is 7.84. The number of nitrogens with zero attached hydrogens (tertiary/aromatic N) is 1. The highest BCUT2D eigenvalue weighted by atomic mass is 15.2. The second kappa shape index (κ2) is 5.27. The van der Waals surface area contributed by atoms with E-state index in [0.29, 0.717) is 6.04 Å². The molecule has 0 amide bonds. The number of rotatable bonds is 3.